The molecule has 0 aliphatic carbocycles. The van der Waals surface area contributed by atoms with Gasteiger partial charge in [0.1, 0.15) is 6.54 Å². The summed E-state index contributed by atoms with van der Waals surface area (Å²) in [5.74, 6) is 0.0148. The number of nitrogens with zero attached hydrogens (tertiary/aromatic N) is 1. The van der Waals surface area contributed by atoms with Gasteiger partial charge in [0.25, 0.3) is 0 Å². The number of aryl methyl sites for hydroxylation is 1. The number of carbonyl (C=O) groups is 2. The third-order valence-corrected chi connectivity index (χ3v) is 3.09. The average molecular weight is 297 g/mol. The molecule has 0 aromatic heterocycles. The van der Waals surface area contributed by atoms with Gasteiger partial charge in [-0.1, -0.05) is 31.5 Å². The van der Waals surface area contributed by atoms with E-state index in [1.165, 1.54) is 11.8 Å². The molecule has 0 bridgehead atoms. The molecule has 1 rings (SSSR count). The van der Waals surface area contributed by atoms with Gasteiger partial charge in [-0.25, -0.2) is 0 Å². The number of amides is 2. The van der Waals surface area contributed by atoms with Crippen LogP contribution in [0, 0.1) is 12.8 Å². The molecule has 0 fully saturated rings. The number of hydrogen-bond acceptors (Lipinski definition) is 2. The van der Waals surface area contributed by atoms with Crippen molar-refractivity contribution in [1.82, 2.24) is 5.32 Å². The molecule has 0 unspecified atom stereocenters. The molecular weight excluding hydrogens is 276 g/mol. The summed E-state index contributed by atoms with van der Waals surface area (Å²) in [6, 6.07) is 5.30. The summed E-state index contributed by atoms with van der Waals surface area (Å²) in [5.41, 5.74) is 1.57. The lowest BCUT2D eigenvalue weighted by Crippen LogP contribution is -2.41. The van der Waals surface area contributed by atoms with E-state index in [1.807, 2.05) is 26.8 Å². The molecule has 0 saturated heterocycles. The maximum Gasteiger partial charge on any atom is 0.240 e. The summed E-state index contributed by atoms with van der Waals surface area (Å²) < 4.78 is 0. The lowest BCUT2D eigenvalue weighted by molar-refractivity contribution is -0.123. The summed E-state index contributed by atoms with van der Waals surface area (Å²) in [6.45, 7) is 7.96. The van der Waals surface area contributed by atoms with Gasteiger partial charge in [-0.15, -0.1) is 0 Å². The third-order valence-electron chi connectivity index (χ3n) is 2.85. The molecule has 20 heavy (non-hydrogen) atoms. The molecule has 5 heteroatoms. The Labute approximate surface area is 125 Å². The Kier molecular flexibility index (Phi) is 6.02. The normalized spacial score (nSPS) is 10.5. The highest BCUT2D eigenvalue weighted by Gasteiger charge is 2.17. The van der Waals surface area contributed by atoms with Crippen molar-refractivity contribution >= 4 is 29.1 Å². The molecular formula is C15H21ClN2O2. The molecule has 2 amide bonds. The van der Waals surface area contributed by atoms with Crippen LogP contribution < -0.4 is 10.2 Å². The van der Waals surface area contributed by atoms with E-state index in [1.54, 1.807) is 12.1 Å². The smallest absolute Gasteiger partial charge is 0.240 e. The van der Waals surface area contributed by atoms with E-state index in [0.717, 1.165) is 5.56 Å². The molecule has 1 N–H and O–H groups in total. The van der Waals surface area contributed by atoms with Crippen LogP contribution in [0.3, 0.4) is 0 Å². The Morgan fingerprint density at radius 2 is 2.00 bits per heavy atom. The predicted octanol–water partition coefficient (Wildman–Crippen LogP) is 2.77. The molecule has 0 atom stereocenters. The first-order valence-corrected chi connectivity index (χ1v) is 7.00. The van der Waals surface area contributed by atoms with E-state index in [9.17, 15) is 9.59 Å². The molecule has 1 aromatic carbocycles. The molecule has 0 aliphatic rings. The third kappa shape index (κ3) is 4.85. The molecule has 0 saturated carbocycles. The summed E-state index contributed by atoms with van der Waals surface area (Å²) in [4.78, 5) is 25.1. The number of rotatable bonds is 5. The van der Waals surface area contributed by atoms with Crippen molar-refractivity contribution in [2.75, 3.05) is 18.0 Å². The highest BCUT2D eigenvalue weighted by Crippen LogP contribution is 2.24. The van der Waals surface area contributed by atoms with Crippen molar-refractivity contribution in [1.29, 1.82) is 0 Å². The second-order valence-electron chi connectivity index (χ2n) is 5.23. The van der Waals surface area contributed by atoms with E-state index in [-0.39, 0.29) is 18.4 Å². The fourth-order valence-electron chi connectivity index (χ4n) is 1.76. The summed E-state index contributed by atoms with van der Waals surface area (Å²) in [7, 11) is 0. The van der Waals surface area contributed by atoms with Crippen molar-refractivity contribution < 1.29 is 9.59 Å². The van der Waals surface area contributed by atoms with Gasteiger partial charge in [0.05, 0.1) is 0 Å². The van der Waals surface area contributed by atoms with E-state index in [4.69, 9.17) is 11.6 Å². The van der Waals surface area contributed by atoms with Crippen LogP contribution in [-0.4, -0.2) is 24.9 Å². The van der Waals surface area contributed by atoms with Crippen LogP contribution in [0.2, 0.25) is 5.02 Å². The minimum absolute atomic E-state index is 0.00321. The van der Waals surface area contributed by atoms with Crippen molar-refractivity contribution in [2.24, 2.45) is 5.92 Å². The van der Waals surface area contributed by atoms with Gasteiger partial charge in [0.2, 0.25) is 11.8 Å². The van der Waals surface area contributed by atoms with Crippen molar-refractivity contribution in [2.45, 2.75) is 27.7 Å². The highest BCUT2D eigenvalue weighted by atomic mass is 35.5. The van der Waals surface area contributed by atoms with Gasteiger partial charge in [0, 0.05) is 24.2 Å². The molecule has 0 heterocycles. The van der Waals surface area contributed by atoms with Crippen LogP contribution in [-0.2, 0) is 9.59 Å². The minimum Gasteiger partial charge on any atom is -0.354 e. The molecule has 4 nitrogen and oxygen atoms in total. The first-order chi connectivity index (χ1) is 9.31. The lowest BCUT2D eigenvalue weighted by Gasteiger charge is -2.23. The SMILES string of the molecule is CC(=O)N(CC(=O)NCC(C)C)c1cc(Cl)ccc1C. The van der Waals surface area contributed by atoms with Crippen molar-refractivity contribution in [3.8, 4) is 0 Å². The quantitative estimate of drug-likeness (QED) is 0.908. The zero-order chi connectivity index (χ0) is 15.3. The van der Waals surface area contributed by atoms with E-state index in [2.05, 4.69) is 5.32 Å². The number of anilines is 1. The number of carbonyl (C=O) groups excluding carboxylic acids is 2. The fourth-order valence-corrected chi connectivity index (χ4v) is 1.92. The van der Waals surface area contributed by atoms with Gasteiger partial charge in [-0.2, -0.15) is 0 Å². The summed E-state index contributed by atoms with van der Waals surface area (Å²) in [5, 5.41) is 3.35. The van der Waals surface area contributed by atoms with Gasteiger partial charge < -0.3 is 10.2 Å². The molecule has 110 valence electrons. The number of benzene rings is 1. The Bertz CT molecular complexity index is 501. The van der Waals surface area contributed by atoms with Gasteiger partial charge in [-0.3, -0.25) is 9.59 Å². The summed E-state index contributed by atoms with van der Waals surface area (Å²) in [6.07, 6.45) is 0. The van der Waals surface area contributed by atoms with E-state index >= 15 is 0 Å². The Hall–Kier alpha value is -1.55. The molecule has 1 aromatic rings. The maximum atomic E-state index is 11.9. The number of nitrogens with one attached hydrogen (secondary N) is 1. The maximum absolute atomic E-state index is 11.9. The average Bonchev–Trinajstić information content (AvgIpc) is 2.36. The number of halogens is 1. The van der Waals surface area contributed by atoms with E-state index in [0.29, 0.717) is 23.2 Å². The zero-order valence-electron chi connectivity index (χ0n) is 12.4. The minimum atomic E-state index is -0.185. The van der Waals surface area contributed by atoms with Crippen LogP contribution in [0.25, 0.3) is 0 Å². The highest BCUT2D eigenvalue weighted by molar-refractivity contribution is 6.31. The van der Waals surface area contributed by atoms with Gasteiger partial charge in [0.15, 0.2) is 0 Å². The van der Waals surface area contributed by atoms with Gasteiger partial charge in [-0.05, 0) is 30.5 Å². The molecule has 0 spiro atoms. The zero-order valence-corrected chi connectivity index (χ0v) is 13.1. The first kappa shape index (κ1) is 16.5. The second-order valence-corrected chi connectivity index (χ2v) is 5.67. The van der Waals surface area contributed by atoms with Crippen LogP contribution in [0.5, 0.6) is 0 Å². The largest absolute Gasteiger partial charge is 0.354 e. The Morgan fingerprint density at radius 3 is 2.55 bits per heavy atom. The monoisotopic (exact) mass is 296 g/mol. The van der Waals surface area contributed by atoms with Crippen LogP contribution in [0.15, 0.2) is 18.2 Å². The van der Waals surface area contributed by atoms with E-state index < -0.39 is 0 Å². The Balaban J connectivity index is 2.87. The topological polar surface area (TPSA) is 49.4 Å². The fraction of sp³-hybridized carbons (Fsp3) is 0.467. The Morgan fingerprint density at radius 1 is 1.35 bits per heavy atom. The standard InChI is InChI=1S/C15H21ClN2O2/c1-10(2)8-17-15(20)9-18(12(4)19)14-7-13(16)6-5-11(14)3/h5-7,10H,8-9H2,1-4H3,(H,17,20). The predicted molar refractivity (Wildman–Crippen MR) is 82.1 cm³/mol. The molecule has 0 radical (unpaired) electrons. The summed E-state index contributed by atoms with van der Waals surface area (Å²) >= 11 is 5.97. The first-order valence-electron chi connectivity index (χ1n) is 6.62. The second kappa shape index (κ2) is 7.29. The number of hydrogen-bond donors (Lipinski definition) is 1. The van der Waals surface area contributed by atoms with Crippen LogP contribution in [0.4, 0.5) is 5.69 Å². The van der Waals surface area contributed by atoms with Crippen LogP contribution >= 0.6 is 11.6 Å². The van der Waals surface area contributed by atoms with Crippen molar-refractivity contribution in [3.63, 3.8) is 0 Å². The van der Waals surface area contributed by atoms with Gasteiger partial charge >= 0.3 is 0 Å². The lowest BCUT2D eigenvalue weighted by atomic mass is 10.1. The van der Waals surface area contributed by atoms with Crippen LogP contribution in [0.1, 0.15) is 26.3 Å². The molecule has 0 aliphatic heterocycles. The van der Waals surface area contributed by atoms with Crippen molar-refractivity contribution in [3.05, 3.63) is 28.8 Å².